The topological polar surface area (TPSA) is 38.8 Å². The van der Waals surface area contributed by atoms with Gasteiger partial charge in [0.15, 0.2) is 0 Å². The second-order valence-electron chi connectivity index (χ2n) is 7.53. The lowest BCUT2D eigenvalue weighted by Gasteiger charge is -2.15. The van der Waals surface area contributed by atoms with Gasteiger partial charge >= 0.3 is 0 Å². The first-order valence-electron chi connectivity index (χ1n) is 10.0. The summed E-state index contributed by atoms with van der Waals surface area (Å²) in [5.41, 5.74) is 3.28. The minimum atomic E-state index is -0.0766. The van der Waals surface area contributed by atoms with Crippen LogP contribution in [-0.4, -0.2) is 35.4 Å². The highest BCUT2D eigenvalue weighted by molar-refractivity contribution is 8.26. The smallest absolute Gasteiger partial charge is 0.265 e. The molecular formula is C24H27NO3S2. The van der Waals surface area contributed by atoms with E-state index < -0.39 is 0 Å². The maximum absolute atomic E-state index is 12.3. The van der Waals surface area contributed by atoms with E-state index in [0.29, 0.717) is 28.4 Å². The second kappa shape index (κ2) is 10.1. The average Bonchev–Trinajstić information content (AvgIpc) is 2.95. The van der Waals surface area contributed by atoms with E-state index in [2.05, 4.69) is 39.0 Å². The number of ether oxygens (including phenoxy) is 2. The number of likely N-dealkylation sites (N-methyl/N-ethyl adjacent to an activating group) is 1. The van der Waals surface area contributed by atoms with Crippen molar-refractivity contribution >= 4 is 40.3 Å². The molecule has 1 fully saturated rings. The third-order valence-electron chi connectivity index (χ3n) is 4.79. The van der Waals surface area contributed by atoms with E-state index in [1.54, 1.807) is 7.05 Å². The summed E-state index contributed by atoms with van der Waals surface area (Å²) in [5.74, 6) is 2.04. The number of aryl methyl sites for hydroxylation is 1. The Hall–Kier alpha value is -2.31. The zero-order chi connectivity index (χ0) is 21.7. The van der Waals surface area contributed by atoms with Crippen molar-refractivity contribution in [1.82, 2.24) is 4.90 Å². The molecule has 0 radical (unpaired) electrons. The third-order valence-corrected chi connectivity index (χ3v) is 6.27. The highest BCUT2D eigenvalue weighted by Crippen LogP contribution is 2.33. The van der Waals surface area contributed by atoms with Crippen molar-refractivity contribution in [3.63, 3.8) is 0 Å². The number of carbonyl (C=O) groups is 1. The molecule has 0 aromatic heterocycles. The zero-order valence-electron chi connectivity index (χ0n) is 17.8. The number of para-hydroxylation sites is 1. The molecule has 0 spiro atoms. The molecule has 2 aromatic rings. The summed E-state index contributed by atoms with van der Waals surface area (Å²) in [5, 5.41) is 0. The van der Waals surface area contributed by atoms with E-state index in [1.165, 1.54) is 27.8 Å². The van der Waals surface area contributed by atoms with Gasteiger partial charge in [-0.05, 0) is 42.2 Å². The number of thioether (sulfide) groups is 1. The van der Waals surface area contributed by atoms with Crippen molar-refractivity contribution in [3.05, 3.63) is 64.1 Å². The number of benzene rings is 2. The third kappa shape index (κ3) is 5.43. The number of hydrogen-bond acceptors (Lipinski definition) is 5. The summed E-state index contributed by atoms with van der Waals surface area (Å²) in [6, 6.07) is 14.1. The fourth-order valence-corrected chi connectivity index (χ4v) is 4.26. The van der Waals surface area contributed by atoms with Crippen LogP contribution in [0.2, 0.25) is 0 Å². The first kappa shape index (κ1) is 22.4. The average molecular weight is 442 g/mol. The molecule has 1 aliphatic rings. The van der Waals surface area contributed by atoms with Crippen molar-refractivity contribution in [2.75, 3.05) is 20.3 Å². The van der Waals surface area contributed by atoms with E-state index in [0.717, 1.165) is 23.5 Å². The summed E-state index contributed by atoms with van der Waals surface area (Å²) in [6.07, 6.45) is 2.60. The lowest BCUT2D eigenvalue weighted by molar-refractivity contribution is -0.121. The van der Waals surface area contributed by atoms with E-state index in [4.69, 9.17) is 21.7 Å². The fraction of sp³-hybridized carbons (Fsp3) is 0.333. The Labute approximate surface area is 188 Å². The van der Waals surface area contributed by atoms with Gasteiger partial charge in [0.05, 0.1) is 18.1 Å². The zero-order valence-corrected chi connectivity index (χ0v) is 19.4. The van der Waals surface area contributed by atoms with Gasteiger partial charge in [0.1, 0.15) is 15.8 Å². The van der Waals surface area contributed by atoms with E-state index in [9.17, 15) is 4.79 Å². The summed E-state index contributed by atoms with van der Waals surface area (Å²) in [6.45, 7) is 7.53. The summed E-state index contributed by atoms with van der Waals surface area (Å²) in [7, 11) is 1.69. The van der Waals surface area contributed by atoms with Crippen LogP contribution in [0, 0.1) is 6.92 Å². The Morgan fingerprint density at radius 2 is 1.80 bits per heavy atom. The van der Waals surface area contributed by atoms with Crippen molar-refractivity contribution in [2.45, 2.75) is 33.1 Å². The van der Waals surface area contributed by atoms with Crippen LogP contribution in [0.1, 0.15) is 42.9 Å². The largest absolute Gasteiger partial charge is 0.493 e. The van der Waals surface area contributed by atoms with Crippen molar-refractivity contribution < 1.29 is 14.3 Å². The Morgan fingerprint density at radius 1 is 1.10 bits per heavy atom. The monoisotopic (exact) mass is 441 g/mol. The molecule has 1 heterocycles. The molecule has 3 rings (SSSR count). The molecule has 0 unspecified atom stereocenters. The van der Waals surface area contributed by atoms with Gasteiger partial charge in [0.25, 0.3) is 5.91 Å². The Kier molecular flexibility index (Phi) is 7.56. The molecule has 0 atom stereocenters. The Morgan fingerprint density at radius 3 is 2.47 bits per heavy atom. The van der Waals surface area contributed by atoms with Crippen molar-refractivity contribution in [1.29, 1.82) is 0 Å². The molecule has 1 amide bonds. The van der Waals surface area contributed by atoms with Crippen LogP contribution in [0.5, 0.6) is 11.5 Å². The highest BCUT2D eigenvalue weighted by Gasteiger charge is 2.28. The molecule has 0 aliphatic carbocycles. The lowest BCUT2D eigenvalue weighted by atomic mass is 10.0. The summed E-state index contributed by atoms with van der Waals surface area (Å²) in [4.78, 5) is 14.4. The van der Waals surface area contributed by atoms with Crippen LogP contribution < -0.4 is 9.47 Å². The van der Waals surface area contributed by atoms with Gasteiger partial charge in [-0.15, -0.1) is 0 Å². The van der Waals surface area contributed by atoms with Crippen LogP contribution in [0.4, 0.5) is 0 Å². The van der Waals surface area contributed by atoms with Crippen LogP contribution in [0.15, 0.2) is 47.4 Å². The van der Waals surface area contributed by atoms with Gasteiger partial charge in [0.2, 0.25) is 0 Å². The fourth-order valence-electron chi connectivity index (χ4n) is 3.08. The maximum Gasteiger partial charge on any atom is 0.265 e. The van der Waals surface area contributed by atoms with Gasteiger partial charge in [-0.1, -0.05) is 68.2 Å². The molecule has 6 heteroatoms. The van der Waals surface area contributed by atoms with Crippen molar-refractivity contribution in [3.8, 4) is 11.5 Å². The lowest BCUT2D eigenvalue weighted by Crippen LogP contribution is -2.22. The second-order valence-corrected chi connectivity index (χ2v) is 9.20. The van der Waals surface area contributed by atoms with Crippen LogP contribution in [-0.2, 0) is 4.79 Å². The Bertz CT molecular complexity index is 969. The van der Waals surface area contributed by atoms with Crippen LogP contribution >= 0.6 is 24.0 Å². The van der Waals surface area contributed by atoms with Gasteiger partial charge in [-0.3, -0.25) is 9.69 Å². The van der Waals surface area contributed by atoms with Gasteiger partial charge in [-0.2, -0.15) is 0 Å². The number of thiocarbonyl (C=S) groups is 1. The summed E-state index contributed by atoms with van der Waals surface area (Å²) < 4.78 is 12.6. The first-order chi connectivity index (χ1) is 14.4. The number of carbonyl (C=O) groups excluding carboxylic acids is 1. The number of rotatable bonds is 8. The molecule has 1 aliphatic heterocycles. The van der Waals surface area contributed by atoms with Gasteiger partial charge < -0.3 is 9.47 Å². The molecule has 0 N–H and O–H groups in total. The van der Waals surface area contributed by atoms with E-state index in [1.807, 2.05) is 30.3 Å². The van der Waals surface area contributed by atoms with Crippen LogP contribution in [0.3, 0.4) is 0 Å². The summed E-state index contributed by atoms with van der Waals surface area (Å²) >= 11 is 6.51. The highest BCUT2D eigenvalue weighted by atomic mass is 32.2. The first-order valence-corrected chi connectivity index (χ1v) is 11.3. The van der Waals surface area contributed by atoms with E-state index >= 15 is 0 Å². The molecule has 1 saturated heterocycles. The number of hydrogen-bond donors (Lipinski definition) is 0. The van der Waals surface area contributed by atoms with Gasteiger partial charge in [-0.25, -0.2) is 0 Å². The predicted molar refractivity (Wildman–Crippen MR) is 128 cm³/mol. The molecule has 158 valence electrons. The quantitative estimate of drug-likeness (QED) is 0.294. The van der Waals surface area contributed by atoms with Crippen LogP contribution in [0.25, 0.3) is 6.08 Å². The standard InChI is InChI=1S/C24H27NO3S2/c1-16(2)19-11-10-17(3)14-21(19)28-13-7-12-27-20-9-6-5-8-18(20)15-22-23(26)25(4)24(29)30-22/h5-6,8-11,14-16H,7,12-13H2,1-4H3/b22-15+. The molecule has 30 heavy (non-hydrogen) atoms. The minimum Gasteiger partial charge on any atom is -0.493 e. The normalized spacial score (nSPS) is 15.4. The number of amides is 1. The molecular weight excluding hydrogens is 414 g/mol. The molecule has 2 aromatic carbocycles. The Balaban J connectivity index is 1.58. The molecule has 0 saturated carbocycles. The minimum absolute atomic E-state index is 0.0766. The maximum atomic E-state index is 12.3. The number of nitrogens with zero attached hydrogens (tertiary/aromatic N) is 1. The van der Waals surface area contributed by atoms with Gasteiger partial charge in [0, 0.05) is 19.0 Å². The molecule has 0 bridgehead atoms. The predicted octanol–water partition coefficient (Wildman–Crippen LogP) is 5.80. The molecule has 4 nitrogen and oxygen atoms in total. The van der Waals surface area contributed by atoms with Crippen molar-refractivity contribution in [2.24, 2.45) is 0 Å². The van der Waals surface area contributed by atoms with E-state index in [-0.39, 0.29) is 5.91 Å². The SMILES string of the molecule is Cc1ccc(C(C)C)c(OCCCOc2ccccc2/C=C2/SC(=S)N(C)C2=O)c1.